The summed E-state index contributed by atoms with van der Waals surface area (Å²) in [6, 6.07) is -1.94. The number of nitrogens with zero attached hydrogens (tertiary/aromatic N) is 1. The van der Waals surface area contributed by atoms with E-state index in [1.165, 1.54) is 20.3 Å². The summed E-state index contributed by atoms with van der Waals surface area (Å²) in [5.74, 6) is -7.80. The minimum atomic E-state index is -2.55. The Balaban J connectivity index is 1.81. The first kappa shape index (κ1) is 47.9. The van der Waals surface area contributed by atoms with Crippen LogP contribution in [0, 0.1) is 29.6 Å². The number of fused-ring (bicyclic) bond motifs is 3. The van der Waals surface area contributed by atoms with Crippen LogP contribution >= 0.6 is 0 Å². The number of ether oxygens (including phenoxy) is 5. The predicted octanol–water partition coefficient (Wildman–Crippen LogP) is 5.03. The molecule has 328 valence electrons. The Bertz CT molecular complexity index is 1510. The summed E-state index contributed by atoms with van der Waals surface area (Å²) in [6.45, 7) is 15.0. The van der Waals surface area contributed by atoms with Crippen molar-refractivity contribution in [1.29, 1.82) is 0 Å². The number of amides is 1. The highest BCUT2D eigenvalue weighted by Crippen LogP contribution is 2.40. The maximum absolute atomic E-state index is 14.5. The van der Waals surface area contributed by atoms with Gasteiger partial charge in [-0.3, -0.25) is 14.4 Å². The van der Waals surface area contributed by atoms with E-state index in [1.54, 1.807) is 21.0 Å². The Morgan fingerprint density at radius 1 is 0.931 bits per heavy atom. The fourth-order valence-corrected chi connectivity index (χ4v) is 9.74. The lowest BCUT2D eigenvalue weighted by atomic mass is 9.81. The lowest BCUT2D eigenvalue weighted by Crippen LogP contribution is -2.65. The molecule has 4 rings (SSSR count). The van der Waals surface area contributed by atoms with Crippen molar-refractivity contribution in [3.8, 4) is 0 Å². The summed E-state index contributed by atoms with van der Waals surface area (Å²) in [7, 11) is 4.61. The van der Waals surface area contributed by atoms with Crippen LogP contribution in [0.15, 0.2) is 36.0 Å². The molecule has 0 aromatic heterocycles. The van der Waals surface area contributed by atoms with Gasteiger partial charge in [-0.05, 0) is 95.5 Å². The Kier molecular flexibility index (Phi) is 17.5. The van der Waals surface area contributed by atoms with Gasteiger partial charge in [0.25, 0.3) is 11.7 Å². The number of cyclic esters (lactones) is 1. The molecule has 4 aliphatic rings. The molecule has 1 unspecified atom stereocenters. The average Bonchev–Trinajstić information content (AvgIpc) is 3.20. The molecule has 1 amide bonds. The van der Waals surface area contributed by atoms with E-state index in [0.717, 1.165) is 10.5 Å². The second kappa shape index (κ2) is 21.1. The molecule has 2 saturated heterocycles. The third-order valence-corrected chi connectivity index (χ3v) is 13.3. The number of rotatable bonds is 7. The van der Waals surface area contributed by atoms with E-state index in [4.69, 9.17) is 23.7 Å². The molecule has 0 spiro atoms. The molecule has 58 heavy (non-hydrogen) atoms. The zero-order valence-electron chi connectivity index (χ0n) is 36.3. The van der Waals surface area contributed by atoms with Gasteiger partial charge in [0.1, 0.15) is 24.0 Å². The number of Topliss-reactive ketones (excluding diaryl/α,β-unsaturated/α-hetero) is 2. The Morgan fingerprint density at radius 2 is 1.59 bits per heavy atom. The topological polar surface area (TPSA) is 178 Å². The van der Waals surface area contributed by atoms with Crippen LogP contribution in [-0.2, 0) is 42.9 Å². The third kappa shape index (κ3) is 10.9. The molecule has 3 aliphatic heterocycles. The van der Waals surface area contributed by atoms with Gasteiger partial charge in [-0.1, -0.05) is 51.5 Å². The van der Waals surface area contributed by atoms with Crippen molar-refractivity contribution in [3.05, 3.63) is 36.0 Å². The molecule has 15 atom stereocenters. The molecule has 13 nitrogen and oxygen atoms in total. The van der Waals surface area contributed by atoms with E-state index in [9.17, 15) is 34.5 Å². The maximum Gasteiger partial charge on any atom is 0.329 e. The van der Waals surface area contributed by atoms with Crippen molar-refractivity contribution in [2.75, 3.05) is 21.3 Å². The van der Waals surface area contributed by atoms with Gasteiger partial charge >= 0.3 is 5.97 Å². The van der Waals surface area contributed by atoms with Crippen LogP contribution in [0.5, 0.6) is 0 Å². The lowest BCUT2D eigenvalue weighted by Gasteiger charge is -2.47. The van der Waals surface area contributed by atoms with Gasteiger partial charge in [-0.15, -0.1) is 6.58 Å². The zero-order valence-corrected chi connectivity index (χ0v) is 36.3. The van der Waals surface area contributed by atoms with E-state index >= 15 is 0 Å². The lowest BCUT2D eigenvalue weighted by molar-refractivity contribution is -0.302. The Morgan fingerprint density at radius 3 is 2.21 bits per heavy atom. The zero-order chi connectivity index (χ0) is 43.1. The van der Waals surface area contributed by atoms with Gasteiger partial charge in [0.05, 0.1) is 36.6 Å². The van der Waals surface area contributed by atoms with Gasteiger partial charge in [0.15, 0.2) is 0 Å². The summed E-state index contributed by atoms with van der Waals surface area (Å²) in [6.07, 6.45) is 4.72. The van der Waals surface area contributed by atoms with Crippen LogP contribution in [0.3, 0.4) is 0 Å². The van der Waals surface area contributed by atoms with Crippen LogP contribution in [0.4, 0.5) is 0 Å². The van der Waals surface area contributed by atoms with Gasteiger partial charge in [-0.2, -0.15) is 0 Å². The number of aliphatic hydroxyl groups is 3. The molecule has 3 fully saturated rings. The van der Waals surface area contributed by atoms with E-state index in [-0.39, 0.29) is 43.0 Å². The molecular weight excluding hydrogens is 746 g/mol. The number of esters is 1. The normalized spacial score (nSPS) is 41.8. The number of ketones is 2. The van der Waals surface area contributed by atoms with Crippen LogP contribution in [0.2, 0.25) is 0 Å². The van der Waals surface area contributed by atoms with Crippen LogP contribution in [-0.4, -0.2) is 126 Å². The van der Waals surface area contributed by atoms with Gasteiger partial charge in [0, 0.05) is 45.5 Å². The standard InChI is InChI=1S/C45H71NO12/c1-11-31-19-25(3)18-26(4)20-38(55-9)41-39(56-10)22-28(6)45(53,58-41)42(50)43(51)46-32(12-2)14-13-15-33(46)44(52)57-40(29(7)35(48)24-36(31)49)27(5)21-30-16-17-34(47)37(23-30)54-8/h12,19,21,26,28-35,37-41,47-48,53H,2,11,13-18,20,22-24H2,1,3-10H3/b25-19+,27-21+/t26-,28+,29+,30-,31+,32+,33-,34+,35-,37+,38?,39-,40+,41+,45+/m0/s1. The summed E-state index contributed by atoms with van der Waals surface area (Å²) in [4.78, 5) is 58.5. The molecule has 0 aromatic carbocycles. The highest BCUT2D eigenvalue weighted by atomic mass is 16.7. The van der Waals surface area contributed by atoms with Gasteiger partial charge in [-0.25, -0.2) is 4.79 Å². The number of piperidine rings is 1. The van der Waals surface area contributed by atoms with E-state index in [1.807, 2.05) is 39.8 Å². The second-order valence-corrected chi connectivity index (χ2v) is 17.6. The molecule has 1 aliphatic carbocycles. The van der Waals surface area contributed by atoms with Crippen molar-refractivity contribution < 1.29 is 58.2 Å². The first-order valence-corrected chi connectivity index (χ1v) is 21.4. The quantitative estimate of drug-likeness (QED) is 0.178. The largest absolute Gasteiger partial charge is 0.456 e. The monoisotopic (exact) mass is 817 g/mol. The fraction of sp³-hybridized carbons (Fsp3) is 0.778. The van der Waals surface area contributed by atoms with Crippen molar-refractivity contribution in [2.24, 2.45) is 29.6 Å². The van der Waals surface area contributed by atoms with Gasteiger partial charge < -0.3 is 43.9 Å². The highest BCUT2D eigenvalue weighted by Gasteiger charge is 2.57. The number of allylic oxidation sites excluding steroid dienone is 3. The Labute approximate surface area is 345 Å². The number of methoxy groups -OCH3 is 3. The summed E-state index contributed by atoms with van der Waals surface area (Å²) >= 11 is 0. The number of carbonyl (C=O) groups excluding carboxylic acids is 4. The summed E-state index contributed by atoms with van der Waals surface area (Å²) in [5.41, 5.74) is 1.63. The number of hydrogen-bond acceptors (Lipinski definition) is 12. The number of carbonyl (C=O) groups is 4. The molecule has 1 saturated carbocycles. The molecule has 0 aromatic rings. The predicted molar refractivity (Wildman–Crippen MR) is 217 cm³/mol. The number of hydrogen-bond donors (Lipinski definition) is 3. The van der Waals surface area contributed by atoms with Crippen LogP contribution in [0.25, 0.3) is 0 Å². The molecule has 0 radical (unpaired) electrons. The van der Waals surface area contributed by atoms with E-state index in [0.29, 0.717) is 56.9 Å². The maximum atomic E-state index is 14.5. The van der Waals surface area contributed by atoms with Crippen LogP contribution in [0.1, 0.15) is 112 Å². The first-order chi connectivity index (χ1) is 27.4. The first-order valence-electron chi connectivity index (χ1n) is 21.4. The van der Waals surface area contributed by atoms with E-state index in [2.05, 4.69) is 6.58 Å². The highest BCUT2D eigenvalue weighted by molar-refractivity contribution is 6.39. The van der Waals surface area contributed by atoms with Crippen molar-refractivity contribution in [1.82, 2.24) is 4.90 Å². The van der Waals surface area contributed by atoms with Crippen molar-refractivity contribution in [2.45, 2.75) is 173 Å². The summed E-state index contributed by atoms with van der Waals surface area (Å²) < 4.78 is 29.9. The van der Waals surface area contributed by atoms with Crippen LogP contribution < -0.4 is 0 Å². The second-order valence-electron chi connectivity index (χ2n) is 17.6. The van der Waals surface area contributed by atoms with Gasteiger partial charge in [0.2, 0.25) is 5.79 Å². The Hall–Kier alpha value is -2.78. The smallest absolute Gasteiger partial charge is 0.329 e. The molecular formula is C45H71NO12. The third-order valence-electron chi connectivity index (χ3n) is 13.3. The van der Waals surface area contributed by atoms with E-state index < -0.39 is 89.9 Å². The summed E-state index contributed by atoms with van der Waals surface area (Å²) in [5, 5.41) is 34.3. The average molecular weight is 818 g/mol. The number of aliphatic hydroxyl groups excluding tert-OH is 2. The minimum absolute atomic E-state index is 0.0175. The fourth-order valence-electron chi connectivity index (χ4n) is 9.74. The van der Waals surface area contributed by atoms with Crippen molar-refractivity contribution in [3.63, 3.8) is 0 Å². The molecule has 3 heterocycles. The molecule has 13 heteroatoms. The van der Waals surface area contributed by atoms with Crippen molar-refractivity contribution >= 4 is 23.4 Å². The molecule has 2 bridgehead atoms. The molecule has 3 N–H and O–H groups in total. The minimum Gasteiger partial charge on any atom is -0.456 e. The SMILES string of the molecule is C=C[C@@H]1CCC[C@H]2C(=O)O[C@H](/C(C)=C/[C@@H]3CC[C@@H](O)[C@H](OC)C3)[C@H](C)[C@@H](O)CC(=O)[C@H](CC)/C=C(\C)C[C@H](C)CC(OC)[C@H]3O[C@@](O)(C(=O)C(=O)N12)[C@H](C)C[C@@H]3OC.